The molecule has 0 radical (unpaired) electrons. The van der Waals surface area contributed by atoms with E-state index in [9.17, 15) is 4.79 Å². The van der Waals surface area contributed by atoms with Gasteiger partial charge in [-0.05, 0) is 45.7 Å². The number of aryl methyl sites for hydroxylation is 1. The average Bonchev–Trinajstić information content (AvgIpc) is 3.08. The first-order chi connectivity index (χ1) is 12.2. The molecule has 2 aliphatic heterocycles. The van der Waals surface area contributed by atoms with Crippen molar-refractivity contribution in [2.45, 2.75) is 51.0 Å². The Balaban J connectivity index is 1.32. The first-order valence-corrected chi connectivity index (χ1v) is 9.91. The first-order valence-electron chi connectivity index (χ1n) is 9.91. The third-order valence-corrected chi connectivity index (χ3v) is 6.20. The van der Waals surface area contributed by atoms with Gasteiger partial charge in [0.15, 0.2) is 5.69 Å². The van der Waals surface area contributed by atoms with E-state index in [1.165, 1.54) is 25.8 Å². The van der Waals surface area contributed by atoms with E-state index < -0.39 is 0 Å². The molecule has 3 heterocycles. The molecule has 0 aromatic carbocycles. The average molecular weight is 346 g/mol. The van der Waals surface area contributed by atoms with Crippen molar-refractivity contribution in [3.05, 3.63) is 17.0 Å². The minimum Gasteiger partial charge on any atom is -0.360 e. The molecule has 25 heavy (non-hydrogen) atoms. The first kappa shape index (κ1) is 17.0. The highest BCUT2D eigenvalue weighted by Crippen LogP contribution is 2.25. The van der Waals surface area contributed by atoms with Crippen LogP contribution in [0, 0.1) is 0 Å². The van der Waals surface area contributed by atoms with Crippen molar-refractivity contribution >= 4 is 5.91 Å². The van der Waals surface area contributed by atoms with Crippen LogP contribution in [0.25, 0.3) is 0 Å². The van der Waals surface area contributed by atoms with Crippen LogP contribution in [-0.2, 0) is 12.8 Å². The van der Waals surface area contributed by atoms with E-state index in [0.29, 0.717) is 11.7 Å². The summed E-state index contributed by atoms with van der Waals surface area (Å²) in [5.74, 6) is 1.01. The van der Waals surface area contributed by atoms with Crippen molar-refractivity contribution in [1.29, 1.82) is 0 Å². The molecule has 1 aliphatic carbocycles. The standard InChI is InChI=1S/C19H30N4O2/c1-21-9-5-4-6-15(21)14-22-10-12-23(13-11-22)19(24)18-16-7-2-3-8-17(16)25-20-18/h15H,2-14H2,1H3/t15-/m0/s1. The predicted molar refractivity (Wildman–Crippen MR) is 95.8 cm³/mol. The van der Waals surface area contributed by atoms with E-state index in [1.54, 1.807) is 0 Å². The lowest BCUT2D eigenvalue weighted by Gasteiger charge is -2.40. The highest BCUT2D eigenvalue weighted by atomic mass is 16.5. The summed E-state index contributed by atoms with van der Waals surface area (Å²) >= 11 is 0. The SMILES string of the molecule is CN1CCCC[C@H]1CN1CCN(C(=O)c2noc3c2CCCC3)CC1. The van der Waals surface area contributed by atoms with Crippen molar-refractivity contribution in [1.82, 2.24) is 19.9 Å². The fourth-order valence-electron chi connectivity index (χ4n) is 4.51. The maximum absolute atomic E-state index is 12.9. The van der Waals surface area contributed by atoms with Gasteiger partial charge in [-0.3, -0.25) is 9.69 Å². The molecule has 0 N–H and O–H groups in total. The number of piperazine rings is 1. The number of rotatable bonds is 3. The van der Waals surface area contributed by atoms with E-state index in [0.717, 1.165) is 69.7 Å². The number of amides is 1. The lowest BCUT2D eigenvalue weighted by atomic mass is 9.96. The van der Waals surface area contributed by atoms with Crippen molar-refractivity contribution in [2.75, 3.05) is 46.3 Å². The van der Waals surface area contributed by atoms with Gasteiger partial charge in [-0.2, -0.15) is 0 Å². The zero-order valence-electron chi connectivity index (χ0n) is 15.4. The van der Waals surface area contributed by atoms with Gasteiger partial charge >= 0.3 is 0 Å². The quantitative estimate of drug-likeness (QED) is 0.835. The van der Waals surface area contributed by atoms with Gasteiger partial charge in [-0.1, -0.05) is 11.6 Å². The Hall–Kier alpha value is -1.40. The van der Waals surface area contributed by atoms with Crippen LogP contribution in [0.15, 0.2) is 4.52 Å². The molecule has 1 aromatic rings. The molecule has 6 heteroatoms. The Labute approximate surface area is 150 Å². The van der Waals surface area contributed by atoms with Gasteiger partial charge in [-0.15, -0.1) is 0 Å². The predicted octanol–water partition coefficient (Wildman–Crippen LogP) is 1.80. The zero-order chi connectivity index (χ0) is 17.2. The van der Waals surface area contributed by atoms with Crippen LogP contribution in [0.2, 0.25) is 0 Å². The Morgan fingerprint density at radius 3 is 2.68 bits per heavy atom. The summed E-state index contributed by atoms with van der Waals surface area (Å²) in [4.78, 5) is 19.8. The van der Waals surface area contributed by atoms with Crippen LogP contribution < -0.4 is 0 Å². The summed E-state index contributed by atoms with van der Waals surface area (Å²) in [5, 5.41) is 4.11. The molecule has 0 spiro atoms. The monoisotopic (exact) mass is 346 g/mol. The maximum Gasteiger partial charge on any atom is 0.276 e. The number of nitrogens with zero attached hydrogens (tertiary/aromatic N) is 4. The molecule has 0 saturated carbocycles. The smallest absolute Gasteiger partial charge is 0.276 e. The normalized spacial score (nSPS) is 25.8. The van der Waals surface area contributed by atoms with Crippen molar-refractivity contribution in [3.63, 3.8) is 0 Å². The Bertz CT molecular complexity index is 607. The Morgan fingerprint density at radius 2 is 1.88 bits per heavy atom. The molecule has 4 rings (SSSR count). The molecule has 2 saturated heterocycles. The molecule has 3 aliphatic rings. The van der Waals surface area contributed by atoms with Crippen LogP contribution >= 0.6 is 0 Å². The van der Waals surface area contributed by atoms with Crippen LogP contribution in [-0.4, -0.2) is 78.1 Å². The molecule has 1 amide bonds. The molecule has 1 atom stereocenters. The summed E-state index contributed by atoms with van der Waals surface area (Å²) in [5.41, 5.74) is 1.65. The molecular formula is C19H30N4O2. The second kappa shape index (κ2) is 7.46. The minimum atomic E-state index is 0.0707. The summed E-state index contributed by atoms with van der Waals surface area (Å²) in [7, 11) is 2.25. The third-order valence-electron chi connectivity index (χ3n) is 6.20. The Morgan fingerprint density at radius 1 is 1.08 bits per heavy atom. The minimum absolute atomic E-state index is 0.0707. The number of hydrogen-bond donors (Lipinski definition) is 0. The number of carbonyl (C=O) groups is 1. The third kappa shape index (κ3) is 3.60. The second-order valence-corrected chi connectivity index (χ2v) is 7.86. The van der Waals surface area contributed by atoms with Gasteiger partial charge < -0.3 is 14.3 Å². The zero-order valence-corrected chi connectivity index (χ0v) is 15.4. The molecule has 138 valence electrons. The number of fused-ring (bicyclic) bond motifs is 1. The van der Waals surface area contributed by atoms with Gasteiger partial charge in [0.1, 0.15) is 5.76 Å². The molecule has 2 fully saturated rings. The van der Waals surface area contributed by atoms with Gasteiger partial charge in [0.05, 0.1) is 0 Å². The maximum atomic E-state index is 12.9. The van der Waals surface area contributed by atoms with E-state index in [1.807, 2.05) is 4.90 Å². The summed E-state index contributed by atoms with van der Waals surface area (Å²) < 4.78 is 5.42. The highest BCUT2D eigenvalue weighted by Gasteiger charge is 2.30. The number of piperidine rings is 1. The van der Waals surface area contributed by atoms with Crippen LogP contribution in [0.3, 0.4) is 0 Å². The van der Waals surface area contributed by atoms with Gasteiger partial charge in [-0.25, -0.2) is 0 Å². The summed E-state index contributed by atoms with van der Waals surface area (Å²) in [6.45, 7) is 5.90. The number of likely N-dealkylation sites (tertiary alicyclic amines) is 1. The largest absolute Gasteiger partial charge is 0.360 e. The molecule has 0 unspecified atom stereocenters. The van der Waals surface area contributed by atoms with E-state index in [2.05, 4.69) is 22.0 Å². The number of hydrogen-bond acceptors (Lipinski definition) is 5. The van der Waals surface area contributed by atoms with Crippen molar-refractivity contribution in [3.8, 4) is 0 Å². The number of likely N-dealkylation sites (N-methyl/N-ethyl adjacent to an activating group) is 1. The molecule has 0 bridgehead atoms. The van der Waals surface area contributed by atoms with E-state index in [4.69, 9.17) is 4.52 Å². The molecule has 6 nitrogen and oxygen atoms in total. The lowest BCUT2D eigenvalue weighted by Crippen LogP contribution is -2.53. The van der Waals surface area contributed by atoms with Crippen LogP contribution in [0.5, 0.6) is 0 Å². The van der Waals surface area contributed by atoms with E-state index >= 15 is 0 Å². The topological polar surface area (TPSA) is 52.8 Å². The molecular weight excluding hydrogens is 316 g/mol. The van der Waals surface area contributed by atoms with Gasteiger partial charge in [0, 0.05) is 50.7 Å². The fourth-order valence-corrected chi connectivity index (χ4v) is 4.51. The summed E-state index contributed by atoms with van der Waals surface area (Å²) in [6, 6.07) is 0.679. The van der Waals surface area contributed by atoms with Crippen LogP contribution in [0.1, 0.15) is 53.9 Å². The van der Waals surface area contributed by atoms with Crippen molar-refractivity contribution < 1.29 is 9.32 Å². The molecule has 1 aromatic heterocycles. The van der Waals surface area contributed by atoms with E-state index in [-0.39, 0.29) is 5.91 Å². The van der Waals surface area contributed by atoms with Crippen LogP contribution in [0.4, 0.5) is 0 Å². The van der Waals surface area contributed by atoms with Crippen molar-refractivity contribution in [2.24, 2.45) is 0 Å². The fraction of sp³-hybridized carbons (Fsp3) is 0.789. The van der Waals surface area contributed by atoms with Gasteiger partial charge in [0.25, 0.3) is 5.91 Å². The Kier molecular flexibility index (Phi) is 5.08. The number of aromatic nitrogens is 1. The second-order valence-electron chi connectivity index (χ2n) is 7.86. The van der Waals surface area contributed by atoms with Gasteiger partial charge in [0.2, 0.25) is 0 Å². The number of carbonyl (C=O) groups excluding carboxylic acids is 1. The highest BCUT2D eigenvalue weighted by molar-refractivity contribution is 5.94. The summed E-state index contributed by atoms with van der Waals surface area (Å²) in [6.07, 6.45) is 8.14. The lowest BCUT2D eigenvalue weighted by molar-refractivity contribution is 0.0555.